The maximum atomic E-state index is 13.2. The molecule has 0 amide bonds. The van der Waals surface area contributed by atoms with Gasteiger partial charge in [-0.05, 0) is 63.8 Å². The normalized spacial score (nSPS) is 12.5. The molecule has 0 aliphatic carbocycles. The number of halogens is 3. The maximum absolute atomic E-state index is 13.2. The third-order valence-electron chi connectivity index (χ3n) is 2.79. The molecule has 0 heterocycles. The SMILES string of the molecule is Cc1cc(Br)ccc1C(O)c1ccc(F)c(Br)c1. The lowest BCUT2D eigenvalue weighted by molar-refractivity contribution is 0.219. The van der Waals surface area contributed by atoms with Crippen LogP contribution in [0.1, 0.15) is 22.8 Å². The molecule has 0 bridgehead atoms. The highest BCUT2D eigenvalue weighted by Crippen LogP contribution is 2.29. The van der Waals surface area contributed by atoms with E-state index in [1.807, 2.05) is 25.1 Å². The molecule has 0 saturated carbocycles. The molecule has 0 aromatic heterocycles. The van der Waals surface area contributed by atoms with Gasteiger partial charge in [0, 0.05) is 4.47 Å². The summed E-state index contributed by atoms with van der Waals surface area (Å²) in [6.45, 7) is 1.93. The highest BCUT2D eigenvalue weighted by Gasteiger charge is 2.14. The van der Waals surface area contributed by atoms with Crippen LogP contribution in [0.2, 0.25) is 0 Å². The van der Waals surface area contributed by atoms with Crippen molar-refractivity contribution in [3.8, 4) is 0 Å². The first-order valence-corrected chi connectivity index (χ1v) is 6.96. The molecule has 1 unspecified atom stereocenters. The van der Waals surface area contributed by atoms with Crippen molar-refractivity contribution < 1.29 is 9.50 Å². The number of aryl methyl sites for hydroxylation is 1. The quantitative estimate of drug-likeness (QED) is 0.805. The number of hydrogen-bond donors (Lipinski definition) is 1. The molecule has 1 nitrogen and oxygen atoms in total. The van der Waals surface area contributed by atoms with Gasteiger partial charge in [-0.15, -0.1) is 0 Å². The van der Waals surface area contributed by atoms with Crippen molar-refractivity contribution in [2.24, 2.45) is 0 Å². The minimum atomic E-state index is -0.755. The monoisotopic (exact) mass is 372 g/mol. The van der Waals surface area contributed by atoms with Crippen molar-refractivity contribution >= 4 is 31.9 Å². The van der Waals surface area contributed by atoms with Gasteiger partial charge in [-0.2, -0.15) is 0 Å². The van der Waals surface area contributed by atoms with E-state index in [9.17, 15) is 9.50 Å². The molecule has 0 fully saturated rings. The standard InChI is InChI=1S/C14H11Br2FO/c1-8-6-10(15)3-4-11(8)14(18)9-2-5-13(17)12(16)7-9/h2-7,14,18H,1H3. The molecule has 0 radical (unpaired) electrons. The van der Waals surface area contributed by atoms with Crippen LogP contribution in [0.4, 0.5) is 4.39 Å². The minimum Gasteiger partial charge on any atom is -0.384 e. The van der Waals surface area contributed by atoms with Gasteiger partial charge >= 0.3 is 0 Å². The Morgan fingerprint density at radius 1 is 1.11 bits per heavy atom. The van der Waals surface area contributed by atoms with Gasteiger partial charge in [0.2, 0.25) is 0 Å². The molecule has 0 spiro atoms. The topological polar surface area (TPSA) is 20.2 Å². The van der Waals surface area contributed by atoms with Crippen LogP contribution in [0, 0.1) is 12.7 Å². The van der Waals surface area contributed by atoms with Crippen molar-refractivity contribution in [2.45, 2.75) is 13.0 Å². The average Bonchev–Trinajstić information content (AvgIpc) is 2.32. The van der Waals surface area contributed by atoms with Gasteiger partial charge in [-0.1, -0.05) is 28.1 Å². The summed E-state index contributed by atoms with van der Waals surface area (Å²) in [4.78, 5) is 0. The highest BCUT2D eigenvalue weighted by atomic mass is 79.9. The summed E-state index contributed by atoms with van der Waals surface area (Å²) in [6, 6.07) is 10.2. The second-order valence-electron chi connectivity index (χ2n) is 4.08. The summed E-state index contributed by atoms with van der Waals surface area (Å²) >= 11 is 6.51. The zero-order valence-corrected chi connectivity index (χ0v) is 12.8. The maximum Gasteiger partial charge on any atom is 0.137 e. The Labute approximate surface area is 122 Å². The van der Waals surface area contributed by atoms with Crippen LogP contribution >= 0.6 is 31.9 Å². The fourth-order valence-electron chi connectivity index (χ4n) is 1.81. The van der Waals surface area contributed by atoms with Gasteiger partial charge in [-0.3, -0.25) is 0 Å². The predicted molar refractivity (Wildman–Crippen MR) is 77.0 cm³/mol. The first-order chi connectivity index (χ1) is 8.49. The first-order valence-electron chi connectivity index (χ1n) is 5.38. The molecule has 0 aliphatic heterocycles. The molecular weight excluding hydrogens is 363 g/mol. The molecule has 0 saturated heterocycles. The van der Waals surface area contributed by atoms with E-state index in [0.717, 1.165) is 15.6 Å². The Kier molecular flexibility index (Phi) is 4.20. The zero-order valence-electron chi connectivity index (χ0n) is 9.62. The Bertz CT molecular complexity index is 584. The van der Waals surface area contributed by atoms with Crippen molar-refractivity contribution in [2.75, 3.05) is 0 Å². The summed E-state index contributed by atoms with van der Waals surface area (Å²) in [5, 5.41) is 10.3. The molecule has 1 N–H and O–H groups in total. The summed E-state index contributed by atoms with van der Waals surface area (Å²) < 4.78 is 14.5. The van der Waals surface area contributed by atoms with Crippen molar-refractivity contribution in [1.29, 1.82) is 0 Å². The van der Waals surface area contributed by atoms with E-state index < -0.39 is 6.10 Å². The van der Waals surface area contributed by atoms with Crippen LogP contribution < -0.4 is 0 Å². The number of aliphatic hydroxyl groups excluding tert-OH is 1. The van der Waals surface area contributed by atoms with Gasteiger partial charge in [-0.25, -0.2) is 4.39 Å². The lowest BCUT2D eigenvalue weighted by atomic mass is 9.98. The molecular formula is C14H11Br2FO. The Hall–Kier alpha value is -0.710. The summed E-state index contributed by atoms with van der Waals surface area (Å²) in [5.41, 5.74) is 2.46. The Balaban J connectivity index is 2.41. The summed E-state index contributed by atoms with van der Waals surface area (Å²) in [5.74, 6) is -0.335. The van der Waals surface area contributed by atoms with Gasteiger partial charge in [0.15, 0.2) is 0 Å². The van der Waals surface area contributed by atoms with Crippen molar-refractivity contribution in [3.63, 3.8) is 0 Å². The number of benzene rings is 2. The molecule has 1 atom stereocenters. The molecule has 2 aromatic rings. The molecule has 0 aliphatic rings. The van der Waals surface area contributed by atoms with Crippen LogP contribution in [0.25, 0.3) is 0 Å². The van der Waals surface area contributed by atoms with Gasteiger partial charge in [0.1, 0.15) is 11.9 Å². The Morgan fingerprint density at radius 3 is 2.44 bits per heavy atom. The number of aliphatic hydroxyl groups is 1. The van der Waals surface area contributed by atoms with Crippen molar-refractivity contribution in [1.82, 2.24) is 0 Å². The third-order valence-corrected chi connectivity index (χ3v) is 3.89. The highest BCUT2D eigenvalue weighted by molar-refractivity contribution is 9.10. The van der Waals surface area contributed by atoms with Crippen molar-refractivity contribution in [3.05, 3.63) is 67.9 Å². The predicted octanol–water partition coefficient (Wildman–Crippen LogP) is 4.74. The zero-order chi connectivity index (χ0) is 13.3. The van der Waals surface area contributed by atoms with Gasteiger partial charge in [0.25, 0.3) is 0 Å². The molecule has 2 aromatic carbocycles. The van der Waals surface area contributed by atoms with Gasteiger partial charge in [0.05, 0.1) is 4.47 Å². The lowest BCUT2D eigenvalue weighted by Crippen LogP contribution is -2.02. The fraction of sp³-hybridized carbons (Fsp3) is 0.143. The first kappa shape index (κ1) is 13.7. The minimum absolute atomic E-state index is 0.335. The Morgan fingerprint density at radius 2 is 1.83 bits per heavy atom. The molecule has 94 valence electrons. The van der Waals surface area contributed by atoms with E-state index in [-0.39, 0.29) is 5.82 Å². The largest absolute Gasteiger partial charge is 0.384 e. The van der Waals surface area contributed by atoms with Crippen LogP contribution in [-0.4, -0.2) is 5.11 Å². The number of rotatable bonds is 2. The lowest BCUT2D eigenvalue weighted by Gasteiger charge is -2.15. The van der Waals surface area contributed by atoms with E-state index in [1.54, 1.807) is 12.1 Å². The van der Waals surface area contributed by atoms with Crippen LogP contribution in [0.3, 0.4) is 0 Å². The van der Waals surface area contributed by atoms with Crippen LogP contribution in [-0.2, 0) is 0 Å². The third kappa shape index (κ3) is 2.82. The second kappa shape index (κ2) is 5.51. The second-order valence-corrected chi connectivity index (χ2v) is 5.85. The summed E-state index contributed by atoms with van der Waals surface area (Å²) in [7, 11) is 0. The van der Waals surface area contributed by atoms with E-state index in [0.29, 0.717) is 10.0 Å². The van der Waals surface area contributed by atoms with Gasteiger partial charge < -0.3 is 5.11 Å². The average molecular weight is 374 g/mol. The van der Waals surface area contributed by atoms with E-state index in [2.05, 4.69) is 31.9 Å². The summed E-state index contributed by atoms with van der Waals surface area (Å²) in [6.07, 6.45) is -0.755. The molecule has 2 rings (SSSR count). The molecule has 4 heteroatoms. The van der Waals surface area contributed by atoms with E-state index in [4.69, 9.17) is 0 Å². The van der Waals surface area contributed by atoms with Crippen LogP contribution in [0.5, 0.6) is 0 Å². The smallest absolute Gasteiger partial charge is 0.137 e. The van der Waals surface area contributed by atoms with E-state index in [1.165, 1.54) is 6.07 Å². The fourth-order valence-corrected chi connectivity index (χ4v) is 2.68. The van der Waals surface area contributed by atoms with E-state index >= 15 is 0 Å². The number of hydrogen-bond acceptors (Lipinski definition) is 1. The van der Waals surface area contributed by atoms with Crippen LogP contribution in [0.15, 0.2) is 45.3 Å². The molecule has 18 heavy (non-hydrogen) atoms.